The molecule has 0 radical (unpaired) electrons. The van der Waals surface area contributed by atoms with Crippen LogP contribution in [0.5, 0.6) is 11.8 Å². The summed E-state index contributed by atoms with van der Waals surface area (Å²) in [7, 11) is 0. The number of hydrogen-bond acceptors (Lipinski definition) is 6. The predicted octanol–water partition coefficient (Wildman–Crippen LogP) is 3.31. The fourth-order valence-electron chi connectivity index (χ4n) is 1.44. The van der Waals surface area contributed by atoms with E-state index in [1.807, 2.05) is 0 Å². The molecule has 7 nitrogen and oxygen atoms in total. The quantitative estimate of drug-likeness (QED) is 0.685. The number of ether oxygens (including phenoxy) is 1. The van der Waals surface area contributed by atoms with Crippen LogP contribution in [0.3, 0.4) is 0 Å². The Kier molecular flexibility index (Phi) is 4.00. The Labute approximate surface area is 137 Å². The molecule has 0 N–H and O–H groups in total. The third-order valence-electron chi connectivity index (χ3n) is 2.29. The van der Waals surface area contributed by atoms with Crippen molar-refractivity contribution >= 4 is 39.1 Å². The van der Waals surface area contributed by atoms with Gasteiger partial charge in [0.05, 0.1) is 4.47 Å². The summed E-state index contributed by atoms with van der Waals surface area (Å²) in [5, 5.41) is 4.47. The van der Waals surface area contributed by atoms with Crippen LogP contribution in [0.4, 0.5) is 0 Å². The van der Waals surface area contributed by atoms with Crippen molar-refractivity contribution in [3.63, 3.8) is 0 Å². The van der Waals surface area contributed by atoms with Crippen LogP contribution in [-0.2, 0) is 0 Å². The molecule has 2 heterocycles. The third-order valence-corrected chi connectivity index (χ3v) is 3.32. The van der Waals surface area contributed by atoms with E-state index in [1.54, 1.807) is 18.2 Å². The molecular formula is C11H5BrCl2N6O. The lowest BCUT2D eigenvalue weighted by Gasteiger charge is -2.07. The highest BCUT2D eigenvalue weighted by Crippen LogP contribution is 2.30. The molecule has 0 bridgehead atoms. The van der Waals surface area contributed by atoms with E-state index in [0.717, 1.165) is 0 Å². The van der Waals surface area contributed by atoms with E-state index in [4.69, 9.17) is 27.9 Å². The van der Waals surface area contributed by atoms with Gasteiger partial charge in [-0.05, 0) is 45.7 Å². The lowest BCUT2D eigenvalue weighted by molar-refractivity contribution is 0.434. The Morgan fingerprint density at radius 3 is 2.71 bits per heavy atom. The molecule has 0 fully saturated rings. The SMILES string of the molecule is Clc1ccc(Oc2nc(Cl)nc(-n3cncn3)n2)c(Br)c1. The molecule has 0 saturated carbocycles. The molecule has 1 aromatic carbocycles. The van der Waals surface area contributed by atoms with Crippen LogP contribution in [0.15, 0.2) is 35.3 Å². The van der Waals surface area contributed by atoms with E-state index in [2.05, 4.69) is 41.0 Å². The van der Waals surface area contributed by atoms with E-state index in [-0.39, 0.29) is 17.2 Å². The van der Waals surface area contributed by atoms with E-state index < -0.39 is 0 Å². The molecule has 0 amide bonds. The maximum Gasteiger partial charge on any atom is 0.328 e. The van der Waals surface area contributed by atoms with Crippen LogP contribution in [-0.4, -0.2) is 29.7 Å². The minimum absolute atomic E-state index is 0.0180. The molecule has 0 aliphatic heterocycles. The van der Waals surface area contributed by atoms with Gasteiger partial charge >= 0.3 is 6.01 Å². The van der Waals surface area contributed by atoms with Crippen molar-refractivity contribution in [3.8, 4) is 17.7 Å². The highest BCUT2D eigenvalue weighted by molar-refractivity contribution is 9.10. The van der Waals surface area contributed by atoms with Crippen molar-refractivity contribution in [1.29, 1.82) is 0 Å². The fourth-order valence-corrected chi connectivity index (χ4v) is 2.35. The Balaban J connectivity index is 1.95. The zero-order valence-electron chi connectivity index (χ0n) is 10.1. The second-order valence-corrected chi connectivity index (χ2v) is 5.33. The topological polar surface area (TPSA) is 78.6 Å². The summed E-state index contributed by atoms with van der Waals surface area (Å²) in [5.74, 6) is 0.693. The van der Waals surface area contributed by atoms with Gasteiger partial charge in [-0.15, -0.1) is 0 Å². The summed E-state index contributed by atoms with van der Waals surface area (Å²) in [6, 6.07) is 5.09. The van der Waals surface area contributed by atoms with Crippen molar-refractivity contribution in [1.82, 2.24) is 29.7 Å². The Hall–Kier alpha value is -1.77. The molecular weight excluding hydrogens is 383 g/mol. The predicted molar refractivity (Wildman–Crippen MR) is 79.0 cm³/mol. The molecule has 10 heteroatoms. The lowest BCUT2D eigenvalue weighted by Crippen LogP contribution is -2.05. The lowest BCUT2D eigenvalue weighted by atomic mass is 10.3. The number of benzene rings is 1. The van der Waals surface area contributed by atoms with Gasteiger partial charge in [-0.2, -0.15) is 24.7 Å². The van der Waals surface area contributed by atoms with Crippen molar-refractivity contribution in [2.24, 2.45) is 0 Å². The molecule has 106 valence electrons. The van der Waals surface area contributed by atoms with E-state index >= 15 is 0 Å². The molecule has 0 unspecified atom stereocenters. The molecule has 3 aromatic rings. The number of rotatable bonds is 3. The minimum Gasteiger partial charge on any atom is -0.423 e. The average molecular weight is 388 g/mol. The van der Waals surface area contributed by atoms with E-state index in [9.17, 15) is 0 Å². The number of hydrogen-bond donors (Lipinski definition) is 0. The van der Waals surface area contributed by atoms with Gasteiger partial charge in [0.15, 0.2) is 0 Å². The first-order valence-electron chi connectivity index (χ1n) is 5.51. The van der Waals surface area contributed by atoms with Crippen molar-refractivity contribution in [2.45, 2.75) is 0 Å². The summed E-state index contributed by atoms with van der Waals surface area (Å²) in [6.07, 6.45) is 2.79. The largest absolute Gasteiger partial charge is 0.423 e. The number of aromatic nitrogens is 6. The van der Waals surface area contributed by atoms with Gasteiger partial charge in [0.2, 0.25) is 5.28 Å². The van der Waals surface area contributed by atoms with Crippen molar-refractivity contribution in [3.05, 3.63) is 45.6 Å². The first-order valence-corrected chi connectivity index (χ1v) is 7.06. The minimum atomic E-state index is -0.0180. The standard InChI is InChI=1S/C11H5BrCl2N6O/c12-7-3-6(13)1-2-8(7)21-11-18-9(14)17-10(19-11)20-5-15-4-16-20/h1-5H. The van der Waals surface area contributed by atoms with Crippen LogP contribution in [0.25, 0.3) is 5.95 Å². The first-order chi connectivity index (χ1) is 10.1. The fraction of sp³-hybridized carbons (Fsp3) is 0. The Bertz CT molecular complexity index is 782. The van der Waals surface area contributed by atoms with E-state index in [1.165, 1.54) is 17.3 Å². The van der Waals surface area contributed by atoms with Gasteiger partial charge in [-0.25, -0.2) is 4.98 Å². The summed E-state index contributed by atoms with van der Waals surface area (Å²) in [4.78, 5) is 15.8. The Morgan fingerprint density at radius 1 is 1.14 bits per heavy atom. The zero-order chi connectivity index (χ0) is 14.8. The average Bonchev–Trinajstić information content (AvgIpc) is 2.95. The first kappa shape index (κ1) is 14.2. The molecule has 2 aromatic heterocycles. The smallest absolute Gasteiger partial charge is 0.328 e. The molecule has 0 spiro atoms. The van der Waals surface area contributed by atoms with Gasteiger partial charge in [0, 0.05) is 5.02 Å². The van der Waals surface area contributed by atoms with Crippen LogP contribution >= 0.6 is 39.1 Å². The summed E-state index contributed by atoms with van der Waals surface area (Å²) in [6.45, 7) is 0. The second kappa shape index (κ2) is 5.92. The van der Waals surface area contributed by atoms with Gasteiger partial charge in [0.1, 0.15) is 18.4 Å². The molecule has 0 aliphatic carbocycles. The summed E-state index contributed by atoms with van der Waals surface area (Å²) < 4.78 is 7.58. The van der Waals surface area contributed by atoms with Crippen LogP contribution in [0, 0.1) is 0 Å². The maximum atomic E-state index is 5.87. The highest BCUT2D eigenvalue weighted by Gasteiger charge is 2.11. The normalized spacial score (nSPS) is 10.6. The van der Waals surface area contributed by atoms with Crippen LogP contribution in [0.2, 0.25) is 10.3 Å². The van der Waals surface area contributed by atoms with Crippen LogP contribution < -0.4 is 4.74 Å². The summed E-state index contributed by atoms with van der Waals surface area (Å²) >= 11 is 15.1. The van der Waals surface area contributed by atoms with Gasteiger partial charge in [-0.1, -0.05) is 11.6 Å². The zero-order valence-corrected chi connectivity index (χ0v) is 13.2. The molecule has 0 atom stereocenters. The molecule has 3 rings (SSSR count). The number of nitrogens with zero attached hydrogens (tertiary/aromatic N) is 6. The summed E-state index contributed by atoms with van der Waals surface area (Å²) in [5.41, 5.74) is 0. The van der Waals surface area contributed by atoms with Crippen molar-refractivity contribution < 1.29 is 4.74 Å². The number of halogens is 3. The van der Waals surface area contributed by atoms with E-state index in [0.29, 0.717) is 15.2 Å². The monoisotopic (exact) mass is 386 g/mol. The van der Waals surface area contributed by atoms with Gasteiger partial charge < -0.3 is 4.74 Å². The molecule has 0 saturated heterocycles. The van der Waals surface area contributed by atoms with Gasteiger partial charge in [0.25, 0.3) is 5.95 Å². The third kappa shape index (κ3) is 3.29. The van der Waals surface area contributed by atoms with Crippen LogP contribution in [0.1, 0.15) is 0 Å². The van der Waals surface area contributed by atoms with Crippen molar-refractivity contribution in [2.75, 3.05) is 0 Å². The molecule has 0 aliphatic rings. The molecule has 21 heavy (non-hydrogen) atoms. The maximum absolute atomic E-state index is 5.87. The highest BCUT2D eigenvalue weighted by atomic mass is 79.9. The Morgan fingerprint density at radius 2 is 2.00 bits per heavy atom. The van der Waals surface area contributed by atoms with Gasteiger partial charge in [-0.3, -0.25) is 0 Å². The second-order valence-electron chi connectivity index (χ2n) is 3.70.